The van der Waals surface area contributed by atoms with Gasteiger partial charge in [0.2, 0.25) is 0 Å². The predicted molar refractivity (Wildman–Crippen MR) is 62.8 cm³/mol. The SMILES string of the molecule is CC(C[N+](C)(C)C)C(=O)c1ccccc1.[I-]. The summed E-state index contributed by atoms with van der Waals surface area (Å²) in [6.07, 6.45) is 0. The summed E-state index contributed by atoms with van der Waals surface area (Å²) in [6.45, 7) is 2.87. The largest absolute Gasteiger partial charge is 1.00 e. The number of Topliss-reactive ketones (excluding diaryl/α,β-unsaturated/α-hetero) is 1. The van der Waals surface area contributed by atoms with Crippen molar-refractivity contribution in [2.24, 2.45) is 5.92 Å². The summed E-state index contributed by atoms with van der Waals surface area (Å²) in [5.41, 5.74) is 0.818. The third-order valence-corrected chi connectivity index (χ3v) is 2.33. The smallest absolute Gasteiger partial charge is 0.171 e. The molecule has 1 aromatic rings. The maximum Gasteiger partial charge on any atom is 0.171 e. The minimum atomic E-state index is 0. The fraction of sp³-hybridized carbons (Fsp3) is 0.462. The van der Waals surface area contributed by atoms with Crippen molar-refractivity contribution in [1.82, 2.24) is 0 Å². The van der Waals surface area contributed by atoms with Gasteiger partial charge in [0.25, 0.3) is 0 Å². The highest BCUT2D eigenvalue weighted by Gasteiger charge is 2.21. The van der Waals surface area contributed by atoms with Gasteiger partial charge in [-0.15, -0.1) is 0 Å². The van der Waals surface area contributed by atoms with E-state index in [2.05, 4.69) is 21.1 Å². The van der Waals surface area contributed by atoms with Crippen LogP contribution in [0, 0.1) is 5.92 Å². The van der Waals surface area contributed by atoms with E-state index in [-0.39, 0.29) is 35.7 Å². The van der Waals surface area contributed by atoms with Crippen LogP contribution in [0.4, 0.5) is 0 Å². The average molecular weight is 333 g/mol. The molecule has 1 unspecified atom stereocenters. The van der Waals surface area contributed by atoms with Gasteiger partial charge < -0.3 is 28.5 Å². The van der Waals surface area contributed by atoms with Gasteiger partial charge in [0.05, 0.1) is 33.6 Å². The highest BCUT2D eigenvalue weighted by molar-refractivity contribution is 5.97. The highest BCUT2D eigenvalue weighted by atomic mass is 127. The predicted octanol–water partition coefficient (Wildman–Crippen LogP) is -0.784. The number of ketones is 1. The van der Waals surface area contributed by atoms with Crippen molar-refractivity contribution in [2.45, 2.75) is 6.92 Å². The lowest BCUT2D eigenvalue weighted by atomic mass is 9.98. The summed E-state index contributed by atoms with van der Waals surface area (Å²) in [6, 6.07) is 9.52. The van der Waals surface area contributed by atoms with Gasteiger partial charge >= 0.3 is 0 Å². The molecule has 0 radical (unpaired) electrons. The second kappa shape index (κ2) is 6.35. The Morgan fingerprint density at radius 2 is 1.69 bits per heavy atom. The van der Waals surface area contributed by atoms with E-state index in [4.69, 9.17) is 0 Å². The van der Waals surface area contributed by atoms with Crippen molar-refractivity contribution in [1.29, 1.82) is 0 Å². The number of nitrogens with zero attached hydrogens (tertiary/aromatic N) is 1. The molecule has 0 saturated heterocycles. The van der Waals surface area contributed by atoms with E-state index in [9.17, 15) is 4.79 Å². The molecule has 0 aromatic heterocycles. The summed E-state index contributed by atoms with van der Waals surface area (Å²) in [4.78, 5) is 12.0. The van der Waals surface area contributed by atoms with Crippen LogP contribution in [-0.2, 0) is 0 Å². The van der Waals surface area contributed by atoms with Crippen LogP contribution in [0.1, 0.15) is 17.3 Å². The minimum Gasteiger partial charge on any atom is -1.00 e. The first-order chi connectivity index (χ1) is 6.90. The molecule has 0 aliphatic rings. The number of halogens is 1. The van der Waals surface area contributed by atoms with Crippen molar-refractivity contribution >= 4 is 5.78 Å². The Labute approximate surface area is 115 Å². The van der Waals surface area contributed by atoms with Crippen LogP contribution in [0.25, 0.3) is 0 Å². The normalized spacial score (nSPS) is 12.8. The van der Waals surface area contributed by atoms with Gasteiger partial charge in [0.1, 0.15) is 0 Å². The summed E-state index contributed by atoms with van der Waals surface area (Å²) in [7, 11) is 6.32. The molecule has 90 valence electrons. The molecule has 2 nitrogen and oxygen atoms in total. The molecule has 0 spiro atoms. The molecule has 0 aliphatic heterocycles. The molecule has 1 atom stereocenters. The lowest BCUT2D eigenvalue weighted by Crippen LogP contribution is -3.00. The highest BCUT2D eigenvalue weighted by Crippen LogP contribution is 2.11. The van der Waals surface area contributed by atoms with Crippen molar-refractivity contribution in [3.05, 3.63) is 35.9 Å². The Kier molecular flexibility index (Phi) is 6.18. The first kappa shape index (κ1) is 15.6. The van der Waals surface area contributed by atoms with E-state index >= 15 is 0 Å². The van der Waals surface area contributed by atoms with Gasteiger partial charge in [0, 0.05) is 5.56 Å². The Hall–Kier alpha value is -0.420. The summed E-state index contributed by atoms with van der Waals surface area (Å²) in [5, 5.41) is 0. The van der Waals surface area contributed by atoms with E-state index in [1.54, 1.807) is 0 Å². The van der Waals surface area contributed by atoms with E-state index in [0.717, 1.165) is 16.6 Å². The van der Waals surface area contributed by atoms with Gasteiger partial charge in [-0.05, 0) is 6.92 Å². The van der Waals surface area contributed by atoms with Gasteiger partial charge in [-0.25, -0.2) is 0 Å². The zero-order valence-corrected chi connectivity index (χ0v) is 12.6. The van der Waals surface area contributed by atoms with Crippen LogP contribution in [0.15, 0.2) is 30.3 Å². The Morgan fingerprint density at radius 3 is 2.12 bits per heavy atom. The van der Waals surface area contributed by atoms with Crippen LogP contribution in [-0.4, -0.2) is 38.0 Å². The summed E-state index contributed by atoms with van der Waals surface area (Å²) < 4.78 is 0.819. The maximum atomic E-state index is 12.0. The van der Waals surface area contributed by atoms with Crippen LogP contribution < -0.4 is 24.0 Å². The van der Waals surface area contributed by atoms with E-state index in [0.29, 0.717) is 0 Å². The van der Waals surface area contributed by atoms with Gasteiger partial charge in [-0.1, -0.05) is 30.3 Å². The standard InChI is InChI=1S/C13H20NO.HI/c1-11(10-14(2,3)4)13(15)12-8-6-5-7-9-12;/h5-9,11H,10H2,1-4H3;1H/q+1;/p-1. The Balaban J connectivity index is 0.00000225. The third-order valence-electron chi connectivity index (χ3n) is 2.33. The molecule has 0 N–H and O–H groups in total. The molecule has 0 saturated carbocycles. The van der Waals surface area contributed by atoms with Gasteiger partial charge in [0.15, 0.2) is 5.78 Å². The number of carbonyl (C=O) groups is 1. The lowest BCUT2D eigenvalue weighted by Gasteiger charge is -2.26. The number of rotatable bonds is 4. The van der Waals surface area contributed by atoms with Crippen LogP contribution in [0.2, 0.25) is 0 Å². The van der Waals surface area contributed by atoms with Crippen LogP contribution >= 0.6 is 0 Å². The zero-order chi connectivity index (χ0) is 11.5. The second-order valence-corrected chi connectivity index (χ2v) is 5.10. The molecule has 3 heteroatoms. The molecule has 1 rings (SSSR count). The number of hydrogen-bond acceptors (Lipinski definition) is 1. The first-order valence-corrected chi connectivity index (χ1v) is 5.30. The van der Waals surface area contributed by atoms with Crippen LogP contribution in [0.5, 0.6) is 0 Å². The molecule has 0 heterocycles. The van der Waals surface area contributed by atoms with E-state index in [1.165, 1.54) is 0 Å². The third kappa shape index (κ3) is 5.07. The first-order valence-electron chi connectivity index (χ1n) is 5.30. The number of carbonyl (C=O) groups excluding carboxylic acids is 1. The topological polar surface area (TPSA) is 17.1 Å². The number of quaternary nitrogens is 1. The van der Waals surface area contributed by atoms with Gasteiger partial charge in [-0.2, -0.15) is 0 Å². The monoisotopic (exact) mass is 333 g/mol. The second-order valence-electron chi connectivity index (χ2n) is 5.10. The fourth-order valence-electron chi connectivity index (χ4n) is 1.79. The molecule has 0 aliphatic carbocycles. The number of hydrogen-bond donors (Lipinski definition) is 0. The Morgan fingerprint density at radius 1 is 1.19 bits per heavy atom. The van der Waals surface area contributed by atoms with Crippen molar-refractivity contribution in [3.8, 4) is 0 Å². The quantitative estimate of drug-likeness (QED) is 0.401. The van der Waals surface area contributed by atoms with Crippen LogP contribution in [0.3, 0.4) is 0 Å². The van der Waals surface area contributed by atoms with E-state index < -0.39 is 0 Å². The van der Waals surface area contributed by atoms with Gasteiger partial charge in [-0.3, -0.25) is 4.79 Å². The molecule has 0 bridgehead atoms. The van der Waals surface area contributed by atoms with E-state index in [1.807, 2.05) is 37.3 Å². The molecular weight excluding hydrogens is 313 g/mol. The molecule has 0 amide bonds. The maximum absolute atomic E-state index is 12.0. The molecule has 0 fully saturated rings. The lowest BCUT2D eigenvalue weighted by molar-refractivity contribution is -0.872. The van der Waals surface area contributed by atoms with Crippen molar-refractivity contribution in [3.63, 3.8) is 0 Å². The average Bonchev–Trinajstić information content (AvgIpc) is 2.15. The zero-order valence-electron chi connectivity index (χ0n) is 10.4. The van der Waals surface area contributed by atoms with Crippen molar-refractivity contribution < 1.29 is 33.3 Å². The van der Waals surface area contributed by atoms with Crippen molar-refractivity contribution in [2.75, 3.05) is 27.7 Å². The molecule has 1 aromatic carbocycles. The fourth-order valence-corrected chi connectivity index (χ4v) is 1.79. The summed E-state index contributed by atoms with van der Waals surface area (Å²) in [5.74, 6) is 0.316. The minimum absolute atomic E-state index is 0. The Bertz CT molecular complexity index is 330. The molecular formula is C13H20INO. The summed E-state index contributed by atoms with van der Waals surface area (Å²) >= 11 is 0. The molecule has 16 heavy (non-hydrogen) atoms. The number of benzene rings is 1.